The minimum atomic E-state index is -1.52. The zero-order valence-corrected chi connectivity index (χ0v) is 24.2. The van der Waals surface area contributed by atoms with Crippen molar-refractivity contribution in [3.8, 4) is 0 Å². The Kier molecular flexibility index (Phi) is 16.8. The molecule has 0 unspecified atom stereocenters. The molecule has 0 aromatic carbocycles. The van der Waals surface area contributed by atoms with E-state index in [4.69, 9.17) is 16.6 Å². The van der Waals surface area contributed by atoms with Crippen LogP contribution in [0.2, 0.25) is 0 Å². The van der Waals surface area contributed by atoms with Gasteiger partial charge in [-0.1, -0.05) is 34.1 Å². The predicted molar refractivity (Wildman–Crippen MR) is 146 cm³/mol. The van der Waals surface area contributed by atoms with Crippen molar-refractivity contribution in [2.24, 2.45) is 23.3 Å². The SMILES string of the molecule is CC[C@H](C)[C@H](NC(=O)[C@@H](N)CCC(N)=O)C(=O)N[C@H](C(=O)N[C@@H](CC(C)C)C(=O)NCC(=O)NCC(=O)O)[C@@H](C)O. The van der Waals surface area contributed by atoms with Gasteiger partial charge in [-0.25, -0.2) is 0 Å². The second-order valence-electron chi connectivity index (χ2n) is 10.3. The van der Waals surface area contributed by atoms with Gasteiger partial charge in [-0.3, -0.25) is 33.6 Å². The van der Waals surface area contributed by atoms with Crippen molar-refractivity contribution in [1.82, 2.24) is 26.6 Å². The Hall–Kier alpha value is -3.79. The van der Waals surface area contributed by atoms with Crippen LogP contribution in [0.3, 0.4) is 0 Å². The third kappa shape index (κ3) is 15.0. The number of hydrogen-bond donors (Lipinski definition) is 9. The highest BCUT2D eigenvalue weighted by Crippen LogP contribution is 2.11. The maximum Gasteiger partial charge on any atom is 0.322 e. The molecule has 0 aromatic heterocycles. The average molecular weight is 588 g/mol. The smallest absolute Gasteiger partial charge is 0.322 e. The summed E-state index contributed by atoms with van der Waals surface area (Å²) >= 11 is 0. The second kappa shape index (κ2) is 18.5. The summed E-state index contributed by atoms with van der Waals surface area (Å²) in [5.74, 6) is -6.26. The summed E-state index contributed by atoms with van der Waals surface area (Å²) in [6.07, 6.45) is -0.970. The molecular weight excluding hydrogens is 542 g/mol. The number of amides is 6. The molecule has 16 heteroatoms. The molecule has 6 atom stereocenters. The number of nitrogens with two attached hydrogens (primary N) is 2. The topological polar surface area (TPSA) is 272 Å². The number of primary amides is 1. The first kappa shape index (κ1) is 37.2. The van der Waals surface area contributed by atoms with Gasteiger partial charge in [-0.05, 0) is 31.6 Å². The molecule has 0 saturated carbocycles. The zero-order valence-electron chi connectivity index (χ0n) is 24.2. The van der Waals surface area contributed by atoms with Gasteiger partial charge in [0.25, 0.3) is 0 Å². The number of carbonyl (C=O) groups excluding carboxylic acids is 6. The molecule has 0 bridgehead atoms. The summed E-state index contributed by atoms with van der Waals surface area (Å²) in [6.45, 7) is 7.12. The van der Waals surface area contributed by atoms with Crippen LogP contribution in [0, 0.1) is 11.8 Å². The van der Waals surface area contributed by atoms with Crippen molar-refractivity contribution in [3.63, 3.8) is 0 Å². The lowest BCUT2D eigenvalue weighted by atomic mass is 9.96. The molecule has 11 N–H and O–H groups in total. The normalized spacial score (nSPS) is 15.3. The third-order valence-electron chi connectivity index (χ3n) is 6.09. The first-order chi connectivity index (χ1) is 19.0. The Morgan fingerprint density at radius 2 is 1.34 bits per heavy atom. The number of aliphatic hydroxyl groups is 1. The van der Waals surface area contributed by atoms with Crippen LogP contribution in [-0.4, -0.2) is 95.0 Å². The highest BCUT2D eigenvalue weighted by molar-refractivity contribution is 5.96. The number of nitrogens with one attached hydrogen (secondary N) is 5. The largest absolute Gasteiger partial charge is 0.480 e. The van der Waals surface area contributed by atoms with Crippen LogP contribution in [0.1, 0.15) is 60.3 Å². The molecule has 0 aliphatic carbocycles. The van der Waals surface area contributed by atoms with Crippen LogP contribution in [-0.2, 0) is 33.6 Å². The summed E-state index contributed by atoms with van der Waals surface area (Å²) in [5, 5.41) is 30.7. The van der Waals surface area contributed by atoms with Crippen LogP contribution < -0.4 is 38.1 Å². The molecule has 0 fully saturated rings. The van der Waals surface area contributed by atoms with Crippen molar-refractivity contribution in [3.05, 3.63) is 0 Å². The van der Waals surface area contributed by atoms with Gasteiger partial charge < -0.3 is 48.3 Å². The minimum Gasteiger partial charge on any atom is -0.480 e. The maximum atomic E-state index is 13.2. The van der Waals surface area contributed by atoms with Crippen molar-refractivity contribution in [2.75, 3.05) is 13.1 Å². The Morgan fingerprint density at radius 3 is 1.83 bits per heavy atom. The molecule has 0 aliphatic heterocycles. The Morgan fingerprint density at radius 1 is 0.780 bits per heavy atom. The molecule has 0 radical (unpaired) electrons. The summed E-state index contributed by atoms with van der Waals surface area (Å²) in [7, 11) is 0. The van der Waals surface area contributed by atoms with E-state index in [1.807, 2.05) is 0 Å². The van der Waals surface area contributed by atoms with Gasteiger partial charge in [-0.2, -0.15) is 0 Å². The molecule has 0 aromatic rings. The lowest BCUT2D eigenvalue weighted by Gasteiger charge is -2.29. The van der Waals surface area contributed by atoms with Gasteiger partial charge in [-0.15, -0.1) is 0 Å². The molecular formula is C25H45N7O9. The molecule has 0 rings (SSSR count). The van der Waals surface area contributed by atoms with Gasteiger partial charge in [0.1, 0.15) is 24.7 Å². The van der Waals surface area contributed by atoms with Crippen molar-refractivity contribution >= 4 is 41.4 Å². The van der Waals surface area contributed by atoms with Crippen molar-refractivity contribution in [2.45, 2.75) is 90.6 Å². The highest BCUT2D eigenvalue weighted by Gasteiger charge is 2.34. The fourth-order valence-corrected chi connectivity index (χ4v) is 3.53. The van der Waals surface area contributed by atoms with E-state index >= 15 is 0 Å². The van der Waals surface area contributed by atoms with E-state index < -0.39 is 90.7 Å². The molecule has 0 saturated heterocycles. The third-order valence-corrected chi connectivity index (χ3v) is 6.09. The summed E-state index contributed by atoms with van der Waals surface area (Å²) < 4.78 is 0. The maximum absolute atomic E-state index is 13.2. The highest BCUT2D eigenvalue weighted by atomic mass is 16.4. The summed E-state index contributed by atoms with van der Waals surface area (Å²) in [6, 6.07) is -4.92. The van der Waals surface area contributed by atoms with Gasteiger partial charge in [0.2, 0.25) is 35.4 Å². The van der Waals surface area contributed by atoms with Crippen LogP contribution >= 0.6 is 0 Å². The molecule has 16 nitrogen and oxygen atoms in total. The standard InChI is InChI=1S/C25H45N7O9/c1-6-13(4)20(31-22(38)15(26)7-8-17(27)34)24(40)32-21(14(5)33)25(41)30-16(9-12(2)3)23(39)29-10-18(35)28-11-19(36)37/h12-16,20-21,33H,6-11,26H2,1-5H3,(H2,27,34)(H,28,35)(H,29,39)(H,30,41)(H,31,38)(H,32,40)(H,36,37)/t13-,14+,15-,16-,20-,21-/m0/s1. The molecule has 0 aliphatic rings. The van der Waals surface area contributed by atoms with Crippen LogP contribution in [0.5, 0.6) is 0 Å². The fraction of sp³-hybridized carbons (Fsp3) is 0.720. The number of carboxylic acids is 1. The lowest BCUT2D eigenvalue weighted by molar-refractivity contribution is -0.138. The Balaban J connectivity index is 5.57. The molecule has 0 spiro atoms. The van der Waals surface area contributed by atoms with E-state index in [9.17, 15) is 38.7 Å². The monoisotopic (exact) mass is 587 g/mol. The second-order valence-corrected chi connectivity index (χ2v) is 10.3. The number of hydrogen-bond acceptors (Lipinski definition) is 9. The van der Waals surface area contributed by atoms with Gasteiger partial charge in [0, 0.05) is 6.42 Å². The Labute approximate surface area is 239 Å². The van der Waals surface area contributed by atoms with Crippen molar-refractivity contribution in [1.29, 1.82) is 0 Å². The van der Waals surface area contributed by atoms with Crippen molar-refractivity contribution < 1.29 is 43.8 Å². The molecule has 234 valence electrons. The summed E-state index contributed by atoms with van der Waals surface area (Å²) in [5.41, 5.74) is 10.9. The molecule has 0 heterocycles. The predicted octanol–water partition coefficient (Wildman–Crippen LogP) is -3.18. The fourth-order valence-electron chi connectivity index (χ4n) is 3.53. The number of aliphatic hydroxyl groups excluding tert-OH is 1. The Bertz CT molecular complexity index is 942. The first-order valence-corrected chi connectivity index (χ1v) is 13.4. The molecule has 6 amide bonds. The van der Waals surface area contributed by atoms with Gasteiger partial charge in [0.05, 0.1) is 18.7 Å². The zero-order chi connectivity index (χ0) is 31.9. The van der Waals surface area contributed by atoms with E-state index in [0.717, 1.165) is 0 Å². The van der Waals surface area contributed by atoms with E-state index in [1.165, 1.54) is 6.92 Å². The van der Waals surface area contributed by atoms with Crippen LogP contribution in [0.4, 0.5) is 0 Å². The lowest BCUT2D eigenvalue weighted by Crippen LogP contribution is -2.61. The number of carbonyl (C=O) groups is 7. The quantitative estimate of drug-likeness (QED) is 0.0731. The van der Waals surface area contributed by atoms with Gasteiger partial charge >= 0.3 is 5.97 Å². The average Bonchev–Trinajstić information content (AvgIpc) is 2.88. The van der Waals surface area contributed by atoms with E-state index in [2.05, 4.69) is 26.6 Å². The van der Waals surface area contributed by atoms with E-state index in [1.54, 1.807) is 27.7 Å². The van der Waals surface area contributed by atoms with Gasteiger partial charge in [0.15, 0.2) is 0 Å². The van der Waals surface area contributed by atoms with Crippen LogP contribution in [0.25, 0.3) is 0 Å². The van der Waals surface area contributed by atoms with Crippen LogP contribution in [0.15, 0.2) is 0 Å². The number of carboxylic acid groups (broad SMARTS) is 1. The molecule has 41 heavy (non-hydrogen) atoms. The minimum absolute atomic E-state index is 0.0325. The van der Waals surface area contributed by atoms with E-state index in [0.29, 0.717) is 6.42 Å². The first-order valence-electron chi connectivity index (χ1n) is 13.4. The summed E-state index contributed by atoms with van der Waals surface area (Å²) in [4.78, 5) is 84.9. The number of aliphatic carboxylic acids is 1. The van der Waals surface area contributed by atoms with E-state index in [-0.39, 0.29) is 25.2 Å². The number of rotatable bonds is 19.